The third kappa shape index (κ3) is 2.41. The number of anilines is 1. The van der Waals surface area contributed by atoms with E-state index in [0.29, 0.717) is 16.4 Å². The summed E-state index contributed by atoms with van der Waals surface area (Å²) in [6.07, 6.45) is 1.94. The number of Topliss-reactive ketones (excluding diaryl/α,β-unsaturated/α-hetero) is 1. The van der Waals surface area contributed by atoms with E-state index < -0.39 is 0 Å². The molecule has 0 aliphatic heterocycles. The van der Waals surface area contributed by atoms with Gasteiger partial charge < -0.3 is 5.73 Å². The predicted octanol–water partition coefficient (Wildman–Crippen LogP) is 2.15. The Morgan fingerprint density at radius 3 is 2.67 bits per heavy atom. The van der Waals surface area contributed by atoms with Crippen molar-refractivity contribution in [2.24, 2.45) is 0 Å². The highest BCUT2D eigenvalue weighted by atomic mass is 32.1. The molecule has 3 nitrogen and oxygen atoms in total. The zero-order valence-electron chi connectivity index (χ0n) is 8.01. The molecule has 0 bridgehead atoms. The maximum atomic E-state index is 11.7. The SMILES string of the molecule is Nc1ncc(C(=O)Cc2ccccc2)s1. The van der Waals surface area contributed by atoms with Crippen LogP contribution in [0.1, 0.15) is 15.2 Å². The third-order valence-electron chi connectivity index (χ3n) is 2.01. The number of thiazole rings is 1. The molecule has 2 N–H and O–H groups in total. The summed E-state index contributed by atoms with van der Waals surface area (Å²) < 4.78 is 0. The molecule has 0 aliphatic carbocycles. The lowest BCUT2D eigenvalue weighted by Crippen LogP contribution is -2.00. The summed E-state index contributed by atoms with van der Waals surface area (Å²) >= 11 is 1.23. The van der Waals surface area contributed by atoms with E-state index >= 15 is 0 Å². The van der Waals surface area contributed by atoms with E-state index in [4.69, 9.17) is 5.73 Å². The molecule has 0 amide bonds. The minimum absolute atomic E-state index is 0.0652. The molecule has 4 heteroatoms. The van der Waals surface area contributed by atoms with Crippen LogP contribution in [-0.2, 0) is 6.42 Å². The fourth-order valence-corrected chi connectivity index (χ4v) is 1.91. The number of hydrogen-bond acceptors (Lipinski definition) is 4. The number of carbonyl (C=O) groups is 1. The summed E-state index contributed by atoms with van der Waals surface area (Å²) in [6, 6.07) is 9.64. The van der Waals surface area contributed by atoms with Crippen LogP contribution in [0.5, 0.6) is 0 Å². The molecule has 0 aliphatic rings. The van der Waals surface area contributed by atoms with Gasteiger partial charge >= 0.3 is 0 Å². The number of ketones is 1. The van der Waals surface area contributed by atoms with Crippen molar-refractivity contribution in [2.45, 2.75) is 6.42 Å². The maximum absolute atomic E-state index is 11.7. The van der Waals surface area contributed by atoms with Crippen molar-refractivity contribution in [1.82, 2.24) is 4.98 Å². The van der Waals surface area contributed by atoms with E-state index in [2.05, 4.69) is 4.98 Å². The van der Waals surface area contributed by atoms with Crippen LogP contribution in [0.4, 0.5) is 5.13 Å². The minimum atomic E-state index is 0.0652. The van der Waals surface area contributed by atoms with E-state index in [9.17, 15) is 4.79 Å². The molecule has 0 fully saturated rings. The summed E-state index contributed by atoms with van der Waals surface area (Å²) in [6.45, 7) is 0. The zero-order valence-corrected chi connectivity index (χ0v) is 8.83. The lowest BCUT2D eigenvalue weighted by atomic mass is 10.1. The summed E-state index contributed by atoms with van der Waals surface area (Å²) in [5.74, 6) is 0.0652. The molecule has 1 aromatic heterocycles. The van der Waals surface area contributed by atoms with Crippen LogP contribution in [0.15, 0.2) is 36.5 Å². The van der Waals surface area contributed by atoms with Crippen molar-refractivity contribution >= 4 is 22.3 Å². The molecule has 0 spiro atoms. The molecule has 0 radical (unpaired) electrons. The second kappa shape index (κ2) is 4.23. The summed E-state index contributed by atoms with van der Waals surface area (Å²) in [5, 5.41) is 0.436. The highest BCUT2D eigenvalue weighted by Gasteiger charge is 2.09. The van der Waals surface area contributed by atoms with Crippen LogP contribution in [0.2, 0.25) is 0 Å². The molecular weight excluding hydrogens is 208 g/mol. The van der Waals surface area contributed by atoms with Gasteiger partial charge in [-0.25, -0.2) is 4.98 Å². The molecule has 2 aromatic rings. The van der Waals surface area contributed by atoms with Gasteiger partial charge in [0.05, 0.1) is 11.1 Å². The van der Waals surface area contributed by atoms with Gasteiger partial charge in [-0.15, -0.1) is 0 Å². The smallest absolute Gasteiger partial charge is 0.180 e. The first-order valence-corrected chi connectivity index (χ1v) is 5.36. The minimum Gasteiger partial charge on any atom is -0.375 e. The average Bonchev–Trinajstić information content (AvgIpc) is 2.66. The van der Waals surface area contributed by atoms with Gasteiger partial charge in [-0.3, -0.25) is 4.79 Å². The zero-order chi connectivity index (χ0) is 10.7. The Bertz CT molecular complexity index is 464. The number of hydrogen-bond donors (Lipinski definition) is 1. The van der Waals surface area contributed by atoms with Gasteiger partial charge in [0.1, 0.15) is 0 Å². The number of benzene rings is 1. The number of aromatic nitrogens is 1. The van der Waals surface area contributed by atoms with Gasteiger partial charge in [-0.2, -0.15) is 0 Å². The van der Waals surface area contributed by atoms with Crippen LogP contribution in [0.3, 0.4) is 0 Å². The van der Waals surface area contributed by atoms with Gasteiger partial charge in [0.2, 0.25) is 0 Å². The Hall–Kier alpha value is -1.68. The molecule has 0 unspecified atom stereocenters. The van der Waals surface area contributed by atoms with Crippen molar-refractivity contribution in [3.63, 3.8) is 0 Å². The lowest BCUT2D eigenvalue weighted by molar-refractivity contribution is 0.0996. The highest BCUT2D eigenvalue weighted by Crippen LogP contribution is 2.16. The summed E-state index contributed by atoms with van der Waals surface area (Å²) in [7, 11) is 0. The van der Waals surface area contributed by atoms with Crippen molar-refractivity contribution in [3.05, 3.63) is 47.0 Å². The molecular formula is C11H10N2OS. The number of nitrogens with zero attached hydrogens (tertiary/aromatic N) is 1. The van der Waals surface area contributed by atoms with Gasteiger partial charge in [0.15, 0.2) is 10.9 Å². The molecule has 1 heterocycles. The third-order valence-corrected chi connectivity index (χ3v) is 2.87. The van der Waals surface area contributed by atoms with Gasteiger partial charge in [0.25, 0.3) is 0 Å². The van der Waals surface area contributed by atoms with Crippen molar-refractivity contribution < 1.29 is 4.79 Å². The number of carbonyl (C=O) groups excluding carboxylic acids is 1. The van der Waals surface area contributed by atoms with Gasteiger partial charge in [-0.1, -0.05) is 41.7 Å². The molecule has 0 saturated heterocycles. The van der Waals surface area contributed by atoms with Crippen LogP contribution >= 0.6 is 11.3 Å². The average molecular weight is 218 g/mol. The van der Waals surface area contributed by atoms with Crippen LogP contribution < -0.4 is 5.73 Å². The predicted molar refractivity (Wildman–Crippen MR) is 61.0 cm³/mol. The molecule has 76 valence electrons. The topological polar surface area (TPSA) is 56.0 Å². The van der Waals surface area contributed by atoms with E-state index in [1.807, 2.05) is 30.3 Å². The van der Waals surface area contributed by atoms with E-state index in [-0.39, 0.29) is 5.78 Å². The normalized spacial score (nSPS) is 10.1. The molecule has 15 heavy (non-hydrogen) atoms. The molecule has 0 atom stereocenters. The molecule has 2 rings (SSSR count). The van der Waals surface area contributed by atoms with Crippen LogP contribution in [0, 0.1) is 0 Å². The van der Waals surface area contributed by atoms with Crippen molar-refractivity contribution in [2.75, 3.05) is 5.73 Å². The maximum Gasteiger partial charge on any atom is 0.180 e. The number of rotatable bonds is 3. The van der Waals surface area contributed by atoms with Gasteiger partial charge in [0, 0.05) is 6.42 Å². The Morgan fingerprint density at radius 1 is 1.33 bits per heavy atom. The fourth-order valence-electron chi connectivity index (χ4n) is 1.28. The Morgan fingerprint density at radius 2 is 2.07 bits per heavy atom. The standard InChI is InChI=1S/C11H10N2OS/c12-11-13-7-10(15-11)9(14)6-8-4-2-1-3-5-8/h1-5,7H,6H2,(H2,12,13). The number of nitrogen functional groups attached to an aromatic ring is 1. The monoisotopic (exact) mass is 218 g/mol. The van der Waals surface area contributed by atoms with E-state index in [0.717, 1.165) is 5.56 Å². The van der Waals surface area contributed by atoms with Crippen molar-refractivity contribution in [3.8, 4) is 0 Å². The Kier molecular flexibility index (Phi) is 2.78. The van der Waals surface area contributed by atoms with Gasteiger partial charge in [-0.05, 0) is 5.56 Å². The van der Waals surface area contributed by atoms with E-state index in [1.54, 1.807) is 0 Å². The molecule has 0 saturated carbocycles. The van der Waals surface area contributed by atoms with Crippen LogP contribution in [-0.4, -0.2) is 10.8 Å². The second-order valence-corrected chi connectivity index (χ2v) is 4.21. The summed E-state index contributed by atoms with van der Waals surface area (Å²) in [5.41, 5.74) is 6.47. The Labute approximate surface area is 91.6 Å². The lowest BCUT2D eigenvalue weighted by Gasteiger charge is -1.97. The van der Waals surface area contributed by atoms with E-state index in [1.165, 1.54) is 17.5 Å². The summed E-state index contributed by atoms with van der Waals surface area (Å²) in [4.78, 5) is 16.2. The Balaban J connectivity index is 2.11. The first-order valence-electron chi connectivity index (χ1n) is 4.54. The quantitative estimate of drug-likeness (QED) is 0.803. The van der Waals surface area contributed by atoms with Crippen molar-refractivity contribution in [1.29, 1.82) is 0 Å². The highest BCUT2D eigenvalue weighted by molar-refractivity contribution is 7.17. The first-order chi connectivity index (χ1) is 7.25. The largest absolute Gasteiger partial charge is 0.375 e. The first kappa shape index (κ1) is 9.86. The molecule has 1 aromatic carbocycles. The fraction of sp³-hybridized carbons (Fsp3) is 0.0909. The second-order valence-electron chi connectivity index (χ2n) is 3.15. The number of nitrogens with two attached hydrogens (primary N) is 1. The van der Waals surface area contributed by atoms with Crippen LogP contribution in [0.25, 0.3) is 0 Å².